The molecular formula is C27H42O9. The van der Waals surface area contributed by atoms with Gasteiger partial charge in [0.25, 0.3) is 0 Å². The van der Waals surface area contributed by atoms with Crippen molar-refractivity contribution in [1.82, 2.24) is 0 Å². The Labute approximate surface area is 212 Å². The average molecular weight is 511 g/mol. The van der Waals surface area contributed by atoms with Gasteiger partial charge in [0, 0.05) is 5.92 Å². The van der Waals surface area contributed by atoms with Crippen molar-refractivity contribution in [2.45, 2.75) is 108 Å². The number of carboxylic acids is 1. The average Bonchev–Trinajstić information content (AvgIpc) is 3.19. The van der Waals surface area contributed by atoms with Gasteiger partial charge in [-0.15, -0.1) is 0 Å². The molecule has 1 saturated heterocycles. The molecule has 0 aromatic rings. The van der Waals surface area contributed by atoms with Crippen LogP contribution in [0.1, 0.15) is 71.6 Å². The predicted octanol–water partition coefficient (Wildman–Crippen LogP) is 1.48. The molecule has 36 heavy (non-hydrogen) atoms. The summed E-state index contributed by atoms with van der Waals surface area (Å²) in [6, 6.07) is 0. The maximum Gasteiger partial charge on any atom is 0.335 e. The molecular weight excluding hydrogens is 468 g/mol. The Bertz CT molecular complexity index is 864. The molecule has 0 aromatic heterocycles. The van der Waals surface area contributed by atoms with Crippen LogP contribution < -0.4 is 0 Å². The first-order chi connectivity index (χ1) is 17.0. The van der Waals surface area contributed by atoms with E-state index in [1.54, 1.807) is 0 Å². The summed E-state index contributed by atoms with van der Waals surface area (Å²) in [5, 5.41) is 49.6. The van der Waals surface area contributed by atoms with Crippen molar-refractivity contribution in [3.63, 3.8) is 0 Å². The minimum atomic E-state index is -1.79. The molecule has 0 radical (unpaired) electrons. The second-order valence-electron chi connectivity index (χ2n) is 12.8. The van der Waals surface area contributed by atoms with Crippen LogP contribution in [0.4, 0.5) is 0 Å². The fourth-order valence-corrected chi connectivity index (χ4v) is 9.22. The van der Waals surface area contributed by atoms with E-state index in [-0.39, 0.29) is 35.2 Å². The molecule has 0 bridgehead atoms. The lowest BCUT2D eigenvalue weighted by molar-refractivity contribution is -0.292. The van der Waals surface area contributed by atoms with Crippen LogP contribution in [0.5, 0.6) is 0 Å². The van der Waals surface area contributed by atoms with Crippen LogP contribution in [0.15, 0.2) is 0 Å². The summed E-state index contributed by atoms with van der Waals surface area (Å²) < 4.78 is 10.7. The van der Waals surface area contributed by atoms with Crippen LogP contribution in [0.3, 0.4) is 0 Å². The lowest BCUT2D eigenvalue weighted by atomic mass is 9.44. The number of aliphatic hydroxyl groups excluding tert-OH is 4. The predicted molar refractivity (Wildman–Crippen MR) is 127 cm³/mol. The largest absolute Gasteiger partial charge is 0.479 e. The van der Waals surface area contributed by atoms with Crippen molar-refractivity contribution in [1.29, 1.82) is 0 Å². The summed E-state index contributed by atoms with van der Waals surface area (Å²) in [6.07, 6.45) is 0.468. The SMILES string of the molecule is C[C@]12CC[C@@H](O)C[C@@H]1CC[C@@H]1[C@@H]2CC[C@]2(C)[C@@H](C(=O)COC3O[C@H](C(=O)O)[C@@H](O)[C@H](O)[C@H]3O)CC[C@@H]12. The second kappa shape index (κ2) is 9.58. The summed E-state index contributed by atoms with van der Waals surface area (Å²) in [5.74, 6) is 0.557. The third kappa shape index (κ3) is 4.14. The van der Waals surface area contributed by atoms with Crippen molar-refractivity contribution in [3.05, 3.63) is 0 Å². The smallest absolute Gasteiger partial charge is 0.335 e. The van der Waals surface area contributed by atoms with Gasteiger partial charge in [-0.2, -0.15) is 0 Å². The van der Waals surface area contributed by atoms with E-state index in [0.29, 0.717) is 23.7 Å². The summed E-state index contributed by atoms with van der Waals surface area (Å²) in [5.41, 5.74) is 0.152. The fraction of sp³-hybridized carbons (Fsp3) is 0.926. The molecule has 1 unspecified atom stereocenters. The van der Waals surface area contributed by atoms with Gasteiger partial charge >= 0.3 is 5.97 Å². The molecule has 1 aliphatic heterocycles. The lowest BCUT2D eigenvalue weighted by Gasteiger charge is -2.60. The summed E-state index contributed by atoms with van der Waals surface area (Å²) in [4.78, 5) is 24.7. The minimum Gasteiger partial charge on any atom is -0.479 e. The Hall–Kier alpha value is -1.10. The quantitative estimate of drug-likeness (QED) is 0.370. The van der Waals surface area contributed by atoms with E-state index in [0.717, 1.165) is 57.8 Å². The summed E-state index contributed by atoms with van der Waals surface area (Å²) in [6.45, 7) is 4.35. The zero-order valence-corrected chi connectivity index (χ0v) is 21.3. The Morgan fingerprint density at radius 3 is 2.28 bits per heavy atom. The van der Waals surface area contributed by atoms with Crippen LogP contribution in [0, 0.1) is 40.4 Å². The van der Waals surface area contributed by atoms with Gasteiger partial charge in [0.15, 0.2) is 18.2 Å². The number of carbonyl (C=O) groups is 2. The molecule has 9 nitrogen and oxygen atoms in total. The number of rotatable bonds is 5. The molecule has 0 aromatic carbocycles. The number of ether oxygens (including phenoxy) is 2. The van der Waals surface area contributed by atoms with Crippen molar-refractivity contribution in [2.75, 3.05) is 6.61 Å². The third-order valence-corrected chi connectivity index (χ3v) is 11.2. The Balaban J connectivity index is 1.24. The van der Waals surface area contributed by atoms with Gasteiger partial charge in [0.2, 0.25) is 0 Å². The molecule has 1 heterocycles. The van der Waals surface area contributed by atoms with E-state index in [1.807, 2.05) is 0 Å². The van der Waals surface area contributed by atoms with E-state index in [1.165, 1.54) is 0 Å². The molecule has 4 aliphatic carbocycles. The van der Waals surface area contributed by atoms with Crippen molar-refractivity contribution < 1.29 is 44.6 Å². The number of fused-ring (bicyclic) bond motifs is 5. The highest BCUT2D eigenvalue weighted by molar-refractivity contribution is 5.83. The number of hydrogen-bond donors (Lipinski definition) is 5. The fourth-order valence-electron chi connectivity index (χ4n) is 9.22. The molecule has 204 valence electrons. The maximum absolute atomic E-state index is 13.4. The van der Waals surface area contributed by atoms with E-state index < -0.39 is 36.7 Å². The van der Waals surface area contributed by atoms with Crippen LogP contribution in [0.25, 0.3) is 0 Å². The van der Waals surface area contributed by atoms with Crippen molar-refractivity contribution in [2.24, 2.45) is 40.4 Å². The second-order valence-corrected chi connectivity index (χ2v) is 12.8. The number of hydrogen-bond acceptors (Lipinski definition) is 8. The molecule has 0 spiro atoms. The van der Waals surface area contributed by atoms with Gasteiger partial charge in [-0.3, -0.25) is 4.79 Å². The number of aliphatic hydroxyl groups is 4. The van der Waals surface area contributed by atoms with Crippen molar-refractivity contribution >= 4 is 11.8 Å². The Kier molecular flexibility index (Phi) is 7.05. The summed E-state index contributed by atoms with van der Waals surface area (Å²) >= 11 is 0. The Morgan fingerprint density at radius 1 is 0.861 bits per heavy atom. The van der Waals surface area contributed by atoms with E-state index in [2.05, 4.69) is 13.8 Å². The van der Waals surface area contributed by atoms with Gasteiger partial charge in [-0.05, 0) is 92.3 Å². The zero-order chi connectivity index (χ0) is 26.0. The normalized spacial score (nSPS) is 52.7. The summed E-state index contributed by atoms with van der Waals surface area (Å²) in [7, 11) is 0. The molecule has 9 heteroatoms. The first-order valence-corrected chi connectivity index (χ1v) is 13.7. The highest BCUT2D eigenvalue weighted by Gasteiger charge is 2.61. The molecule has 5 aliphatic rings. The highest BCUT2D eigenvalue weighted by Crippen LogP contribution is 2.67. The molecule has 13 atom stereocenters. The van der Waals surface area contributed by atoms with E-state index in [9.17, 15) is 35.1 Å². The van der Waals surface area contributed by atoms with Gasteiger partial charge < -0.3 is 35.0 Å². The third-order valence-electron chi connectivity index (χ3n) is 11.2. The molecule has 5 fully saturated rings. The first-order valence-electron chi connectivity index (χ1n) is 13.7. The first kappa shape index (κ1) is 26.5. The standard InChI is InChI=1S/C27H42O9/c1-26-9-7-14(28)11-13(26)3-4-15-16-5-6-18(27(16,2)10-8-17(15)26)19(29)12-35-25-22(32)20(30)21(31)23(36-25)24(33)34/h13-18,20-23,25,28,30-32H,3-12H2,1-2H3,(H,33,34)/t13-,14+,15-,16-,17-,18+,20-,21-,22+,23-,25?,26-,27-/m0/s1. The monoisotopic (exact) mass is 510 g/mol. The van der Waals surface area contributed by atoms with Crippen LogP contribution >= 0.6 is 0 Å². The van der Waals surface area contributed by atoms with Gasteiger partial charge in [-0.1, -0.05) is 13.8 Å². The number of aliphatic carboxylic acids is 1. The molecule has 0 amide bonds. The van der Waals surface area contributed by atoms with Gasteiger partial charge in [-0.25, -0.2) is 4.79 Å². The number of Topliss-reactive ketones (excluding diaryl/α,β-unsaturated/α-hetero) is 1. The number of ketones is 1. The molecule has 5 N–H and O–H groups in total. The maximum atomic E-state index is 13.4. The van der Waals surface area contributed by atoms with Crippen LogP contribution in [-0.2, 0) is 19.1 Å². The van der Waals surface area contributed by atoms with E-state index >= 15 is 0 Å². The van der Waals surface area contributed by atoms with Crippen LogP contribution in [-0.4, -0.2) is 80.7 Å². The number of carbonyl (C=O) groups excluding carboxylic acids is 1. The van der Waals surface area contributed by atoms with Gasteiger partial charge in [0.05, 0.1) is 6.10 Å². The number of carboxylic acid groups (broad SMARTS) is 1. The topological polar surface area (TPSA) is 154 Å². The van der Waals surface area contributed by atoms with E-state index in [4.69, 9.17) is 9.47 Å². The van der Waals surface area contributed by atoms with Crippen LogP contribution in [0.2, 0.25) is 0 Å². The molecule has 5 rings (SSSR count). The van der Waals surface area contributed by atoms with Gasteiger partial charge in [0.1, 0.15) is 24.9 Å². The zero-order valence-electron chi connectivity index (χ0n) is 21.3. The minimum absolute atomic E-state index is 0.0811. The Morgan fingerprint density at radius 2 is 1.56 bits per heavy atom. The lowest BCUT2D eigenvalue weighted by Crippen LogP contribution is -2.60. The van der Waals surface area contributed by atoms with Crippen molar-refractivity contribution in [3.8, 4) is 0 Å². The molecule has 4 saturated carbocycles. The highest BCUT2D eigenvalue weighted by atomic mass is 16.7.